The number of nitrogens with two attached hydrogens (primary N) is 1. The van der Waals surface area contributed by atoms with Gasteiger partial charge in [-0.15, -0.1) is 0 Å². The Bertz CT molecular complexity index is 617. The summed E-state index contributed by atoms with van der Waals surface area (Å²) in [6.07, 6.45) is 0.782. The molecule has 2 aromatic rings. The predicted molar refractivity (Wildman–Crippen MR) is 88.0 cm³/mol. The fourth-order valence-electron chi connectivity index (χ4n) is 1.80. The van der Waals surface area contributed by atoms with Crippen molar-refractivity contribution in [3.63, 3.8) is 0 Å². The summed E-state index contributed by atoms with van der Waals surface area (Å²) in [5.74, 6) is 1.26. The molecule has 0 spiro atoms. The van der Waals surface area contributed by atoms with Gasteiger partial charge in [0.25, 0.3) is 0 Å². The summed E-state index contributed by atoms with van der Waals surface area (Å²) in [5, 5.41) is 1.20. The van der Waals surface area contributed by atoms with Crippen molar-refractivity contribution in [3.8, 4) is 11.5 Å². The van der Waals surface area contributed by atoms with Crippen LogP contribution in [0.3, 0.4) is 0 Å². The van der Waals surface area contributed by atoms with Crippen molar-refractivity contribution < 1.29 is 4.74 Å². The second kappa shape index (κ2) is 6.81. The van der Waals surface area contributed by atoms with Crippen LogP contribution in [0, 0.1) is 0 Å². The minimum absolute atomic E-state index is 0.100. The Kier molecular flexibility index (Phi) is 5.33. The summed E-state index contributed by atoms with van der Waals surface area (Å²) in [5.41, 5.74) is 6.87. The van der Waals surface area contributed by atoms with Crippen molar-refractivity contribution in [2.24, 2.45) is 5.73 Å². The summed E-state index contributed by atoms with van der Waals surface area (Å²) in [7, 11) is 0. The first-order chi connectivity index (χ1) is 9.45. The standard InChI is InChI=1S/C15H14BrCl2NO/c1-9(19)6-10-2-4-15(13(18)7-10)20-14-5-3-11(17)8-12(14)16/h2-5,7-9H,6,19H2,1H3. The Labute approximate surface area is 137 Å². The van der Waals surface area contributed by atoms with Crippen molar-refractivity contribution in [1.82, 2.24) is 0 Å². The molecule has 0 aliphatic carbocycles. The van der Waals surface area contributed by atoms with Crippen molar-refractivity contribution in [3.05, 3.63) is 56.5 Å². The molecular weight excluding hydrogens is 361 g/mol. The molecule has 0 fully saturated rings. The Balaban J connectivity index is 2.21. The van der Waals surface area contributed by atoms with Crippen LogP contribution in [0.15, 0.2) is 40.9 Å². The number of hydrogen-bond donors (Lipinski definition) is 1. The van der Waals surface area contributed by atoms with Gasteiger partial charge in [0.2, 0.25) is 0 Å². The molecule has 106 valence electrons. The van der Waals surface area contributed by atoms with Crippen LogP contribution in [-0.2, 0) is 6.42 Å². The SMILES string of the molecule is CC(N)Cc1ccc(Oc2ccc(Cl)cc2Br)c(Cl)c1. The van der Waals surface area contributed by atoms with Gasteiger partial charge < -0.3 is 10.5 Å². The third kappa shape index (κ3) is 4.13. The lowest BCUT2D eigenvalue weighted by Crippen LogP contribution is -2.17. The van der Waals surface area contributed by atoms with Gasteiger partial charge in [-0.25, -0.2) is 0 Å². The highest BCUT2D eigenvalue weighted by Crippen LogP contribution is 2.35. The van der Waals surface area contributed by atoms with Crippen LogP contribution in [-0.4, -0.2) is 6.04 Å². The average Bonchev–Trinajstić information content (AvgIpc) is 2.34. The fraction of sp³-hybridized carbons (Fsp3) is 0.200. The summed E-state index contributed by atoms with van der Waals surface area (Å²) in [4.78, 5) is 0. The van der Waals surface area contributed by atoms with Gasteiger partial charge in [-0.2, -0.15) is 0 Å². The van der Waals surface area contributed by atoms with E-state index in [-0.39, 0.29) is 6.04 Å². The maximum absolute atomic E-state index is 6.24. The first kappa shape index (κ1) is 15.6. The van der Waals surface area contributed by atoms with Crippen LogP contribution in [0.5, 0.6) is 11.5 Å². The topological polar surface area (TPSA) is 35.2 Å². The number of benzene rings is 2. The van der Waals surface area contributed by atoms with Crippen molar-refractivity contribution in [2.75, 3.05) is 0 Å². The second-order valence-electron chi connectivity index (χ2n) is 4.62. The molecule has 0 saturated heterocycles. The molecule has 0 amide bonds. The molecule has 0 aromatic heterocycles. The highest BCUT2D eigenvalue weighted by Gasteiger charge is 2.08. The van der Waals surface area contributed by atoms with Gasteiger partial charge >= 0.3 is 0 Å². The third-order valence-electron chi connectivity index (χ3n) is 2.67. The molecule has 0 heterocycles. The monoisotopic (exact) mass is 373 g/mol. The zero-order valence-electron chi connectivity index (χ0n) is 10.9. The van der Waals surface area contributed by atoms with E-state index in [1.54, 1.807) is 18.2 Å². The maximum Gasteiger partial charge on any atom is 0.146 e. The second-order valence-corrected chi connectivity index (χ2v) is 6.32. The van der Waals surface area contributed by atoms with Gasteiger partial charge in [-0.3, -0.25) is 0 Å². The quantitative estimate of drug-likeness (QED) is 0.773. The van der Waals surface area contributed by atoms with Gasteiger partial charge in [-0.05, 0) is 65.2 Å². The third-order valence-corrected chi connectivity index (χ3v) is 3.82. The normalized spacial score (nSPS) is 12.2. The lowest BCUT2D eigenvalue weighted by Gasteiger charge is -2.11. The Morgan fingerprint density at radius 1 is 1.15 bits per heavy atom. The zero-order valence-corrected chi connectivity index (χ0v) is 14.0. The molecule has 1 unspecified atom stereocenters. The lowest BCUT2D eigenvalue weighted by atomic mass is 10.1. The summed E-state index contributed by atoms with van der Waals surface area (Å²) in [6, 6.07) is 11.1. The highest BCUT2D eigenvalue weighted by atomic mass is 79.9. The number of halogens is 3. The van der Waals surface area contributed by atoms with Crippen LogP contribution in [0.4, 0.5) is 0 Å². The molecule has 2 aromatic carbocycles. The number of ether oxygens (including phenoxy) is 1. The Morgan fingerprint density at radius 3 is 2.45 bits per heavy atom. The minimum atomic E-state index is 0.100. The van der Waals surface area contributed by atoms with E-state index in [0.29, 0.717) is 21.5 Å². The smallest absolute Gasteiger partial charge is 0.146 e. The lowest BCUT2D eigenvalue weighted by molar-refractivity contribution is 0.479. The van der Waals surface area contributed by atoms with Gasteiger partial charge in [0.05, 0.1) is 9.50 Å². The number of rotatable bonds is 4. The largest absolute Gasteiger partial charge is 0.455 e. The van der Waals surface area contributed by atoms with E-state index in [9.17, 15) is 0 Å². The minimum Gasteiger partial charge on any atom is -0.455 e. The van der Waals surface area contributed by atoms with E-state index in [0.717, 1.165) is 16.5 Å². The highest BCUT2D eigenvalue weighted by molar-refractivity contribution is 9.10. The van der Waals surface area contributed by atoms with Gasteiger partial charge in [0.1, 0.15) is 11.5 Å². The van der Waals surface area contributed by atoms with E-state index in [1.165, 1.54) is 0 Å². The molecule has 0 radical (unpaired) electrons. The van der Waals surface area contributed by atoms with E-state index >= 15 is 0 Å². The molecular formula is C15H14BrCl2NO. The van der Waals surface area contributed by atoms with Gasteiger partial charge in [0.15, 0.2) is 0 Å². The molecule has 2 rings (SSSR count). The summed E-state index contributed by atoms with van der Waals surface area (Å²) < 4.78 is 6.56. The maximum atomic E-state index is 6.24. The summed E-state index contributed by atoms with van der Waals surface area (Å²) in [6.45, 7) is 1.96. The van der Waals surface area contributed by atoms with Crippen LogP contribution < -0.4 is 10.5 Å². The molecule has 1 atom stereocenters. The van der Waals surface area contributed by atoms with Crippen molar-refractivity contribution in [2.45, 2.75) is 19.4 Å². The van der Waals surface area contributed by atoms with E-state index in [4.69, 9.17) is 33.7 Å². The van der Waals surface area contributed by atoms with Crippen LogP contribution in [0.25, 0.3) is 0 Å². The van der Waals surface area contributed by atoms with Crippen molar-refractivity contribution in [1.29, 1.82) is 0 Å². The zero-order chi connectivity index (χ0) is 14.7. The number of hydrogen-bond acceptors (Lipinski definition) is 2. The first-order valence-electron chi connectivity index (χ1n) is 6.12. The molecule has 0 aliphatic rings. The van der Waals surface area contributed by atoms with Crippen LogP contribution in [0.1, 0.15) is 12.5 Å². The van der Waals surface area contributed by atoms with Crippen molar-refractivity contribution >= 4 is 39.1 Å². The van der Waals surface area contributed by atoms with E-state index < -0.39 is 0 Å². The van der Waals surface area contributed by atoms with Gasteiger partial charge in [-0.1, -0.05) is 29.3 Å². The molecule has 2 N–H and O–H groups in total. The Hall–Kier alpha value is -0.740. The molecule has 5 heteroatoms. The summed E-state index contributed by atoms with van der Waals surface area (Å²) >= 11 is 15.5. The first-order valence-corrected chi connectivity index (χ1v) is 7.67. The molecule has 0 saturated carbocycles. The fourth-order valence-corrected chi connectivity index (χ4v) is 2.81. The van der Waals surface area contributed by atoms with Crippen LogP contribution in [0.2, 0.25) is 10.0 Å². The predicted octanol–water partition coefficient (Wildman–Crippen LogP) is 5.44. The molecule has 2 nitrogen and oxygen atoms in total. The molecule has 20 heavy (non-hydrogen) atoms. The van der Waals surface area contributed by atoms with E-state index in [2.05, 4.69) is 15.9 Å². The molecule has 0 aliphatic heterocycles. The van der Waals surface area contributed by atoms with Crippen LogP contribution >= 0.6 is 39.1 Å². The van der Waals surface area contributed by atoms with Gasteiger partial charge in [0, 0.05) is 11.1 Å². The molecule has 0 bridgehead atoms. The average molecular weight is 375 g/mol. The van der Waals surface area contributed by atoms with E-state index in [1.807, 2.05) is 25.1 Å². The Morgan fingerprint density at radius 2 is 1.85 bits per heavy atom.